The van der Waals surface area contributed by atoms with E-state index in [1.165, 1.54) is 12.1 Å². The topological polar surface area (TPSA) is 65.4 Å². The summed E-state index contributed by atoms with van der Waals surface area (Å²) in [7, 11) is 0. The molecule has 20 heavy (non-hydrogen) atoms. The Morgan fingerprint density at radius 3 is 2.80 bits per heavy atom. The van der Waals surface area contributed by atoms with Crippen LogP contribution in [0.5, 0.6) is 11.5 Å². The fourth-order valence-corrected chi connectivity index (χ4v) is 2.85. The molecular weight excluding hydrogens is 296 g/mol. The largest absolute Gasteiger partial charge is 0.504 e. The summed E-state index contributed by atoms with van der Waals surface area (Å²) in [5.74, 6) is -0.268. The molecule has 2 aromatic carbocycles. The highest BCUT2D eigenvalue weighted by atomic mass is 35.5. The highest BCUT2D eigenvalue weighted by molar-refractivity contribution is 7.16. The molecular formula is C14H11ClN2O2S. The lowest BCUT2D eigenvalue weighted by atomic mass is 10.2. The fourth-order valence-electron chi connectivity index (χ4n) is 1.94. The molecule has 102 valence electrons. The highest BCUT2D eigenvalue weighted by Gasteiger charge is 2.09. The van der Waals surface area contributed by atoms with E-state index in [1.807, 2.05) is 12.1 Å². The number of hydrogen-bond acceptors (Lipinski definition) is 5. The Balaban J connectivity index is 1.88. The van der Waals surface area contributed by atoms with Crippen LogP contribution in [0.25, 0.3) is 10.2 Å². The van der Waals surface area contributed by atoms with Crippen LogP contribution in [0, 0.1) is 0 Å². The van der Waals surface area contributed by atoms with Crippen molar-refractivity contribution < 1.29 is 10.2 Å². The van der Waals surface area contributed by atoms with Crippen LogP contribution in [0.15, 0.2) is 35.8 Å². The van der Waals surface area contributed by atoms with Crippen LogP contribution >= 0.6 is 22.9 Å². The van der Waals surface area contributed by atoms with Crippen molar-refractivity contribution in [2.75, 3.05) is 5.32 Å². The Labute approximate surface area is 124 Å². The molecule has 0 unspecified atom stereocenters. The van der Waals surface area contributed by atoms with Gasteiger partial charge in [0, 0.05) is 6.54 Å². The summed E-state index contributed by atoms with van der Waals surface area (Å²) in [6.45, 7) is 0.476. The number of halogens is 1. The molecule has 0 spiro atoms. The lowest BCUT2D eigenvalue weighted by Crippen LogP contribution is -2.00. The van der Waals surface area contributed by atoms with Gasteiger partial charge in [-0.2, -0.15) is 0 Å². The van der Waals surface area contributed by atoms with Gasteiger partial charge in [-0.25, -0.2) is 4.98 Å². The Kier molecular flexibility index (Phi) is 3.38. The molecule has 0 atom stereocenters. The quantitative estimate of drug-likeness (QED) is 0.641. The van der Waals surface area contributed by atoms with Gasteiger partial charge < -0.3 is 15.5 Å². The monoisotopic (exact) mass is 306 g/mol. The molecule has 0 radical (unpaired) electrons. The second kappa shape index (κ2) is 5.19. The minimum Gasteiger partial charge on any atom is -0.504 e. The molecule has 0 aliphatic rings. The first-order chi connectivity index (χ1) is 9.65. The summed E-state index contributed by atoms with van der Waals surface area (Å²) in [6.07, 6.45) is 0. The van der Waals surface area contributed by atoms with Crippen LogP contribution in [-0.2, 0) is 6.54 Å². The van der Waals surface area contributed by atoms with E-state index in [0.717, 1.165) is 21.5 Å². The number of rotatable bonds is 3. The summed E-state index contributed by atoms with van der Waals surface area (Å²) >= 11 is 7.75. The molecule has 0 saturated carbocycles. The van der Waals surface area contributed by atoms with Gasteiger partial charge >= 0.3 is 0 Å². The predicted octanol–water partition coefficient (Wildman–Crippen LogP) is 3.97. The molecule has 4 nitrogen and oxygen atoms in total. The van der Waals surface area contributed by atoms with E-state index in [4.69, 9.17) is 11.6 Å². The van der Waals surface area contributed by atoms with E-state index in [0.29, 0.717) is 11.6 Å². The van der Waals surface area contributed by atoms with Gasteiger partial charge in [-0.15, -0.1) is 11.3 Å². The van der Waals surface area contributed by atoms with Gasteiger partial charge in [0.1, 0.15) is 5.52 Å². The van der Waals surface area contributed by atoms with Gasteiger partial charge in [0.05, 0.1) is 20.9 Å². The van der Waals surface area contributed by atoms with Crippen molar-refractivity contribution in [1.82, 2.24) is 4.98 Å². The van der Waals surface area contributed by atoms with E-state index in [1.54, 1.807) is 22.9 Å². The average Bonchev–Trinajstić information content (AvgIpc) is 2.90. The zero-order chi connectivity index (χ0) is 14.1. The lowest BCUT2D eigenvalue weighted by Gasteiger charge is -2.10. The number of thiazole rings is 1. The summed E-state index contributed by atoms with van der Waals surface area (Å²) in [4.78, 5) is 4.31. The number of anilines is 1. The first kappa shape index (κ1) is 13.0. The zero-order valence-electron chi connectivity index (χ0n) is 10.3. The van der Waals surface area contributed by atoms with Crippen LogP contribution in [0.1, 0.15) is 5.56 Å². The first-order valence-corrected chi connectivity index (χ1v) is 7.17. The summed E-state index contributed by atoms with van der Waals surface area (Å²) < 4.78 is 1.06. The van der Waals surface area contributed by atoms with E-state index in [-0.39, 0.29) is 11.5 Å². The minimum atomic E-state index is -0.137. The number of aromatic hydroxyl groups is 2. The van der Waals surface area contributed by atoms with Crippen LogP contribution in [0.4, 0.5) is 5.69 Å². The fraction of sp³-hybridized carbons (Fsp3) is 0.0714. The SMILES string of the molecule is Oc1ccc(CNc2c(Cl)ccc3scnc23)cc1O. The van der Waals surface area contributed by atoms with Gasteiger partial charge in [-0.05, 0) is 29.8 Å². The minimum absolute atomic E-state index is 0.131. The van der Waals surface area contributed by atoms with Crippen molar-refractivity contribution in [3.63, 3.8) is 0 Å². The maximum absolute atomic E-state index is 9.48. The number of aromatic nitrogens is 1. The predicted molar refractivity (Wildman–Crippen MR) is 81.7 cm³/mol. The van der Waals surface area contributed by atoms with Crippen LogP contribution in [-0.4, -0.2) is 15.2 Å². The number of nitrogens with one attached hydrogen (secondary N) is 1. The third-order valence-electron chi connectivity index (χ3n) is 2.96. The summed E-state index contributed by atoms with van der Waals surface area (Å²) in [6, 6.07) is 8.47. The molecule has 0 fully saturated rings. The number of nitrogens with zero attached hydrogens (tertiary/aromatic N) is 1. The summed E-state index contributed by atoms with van der Waals surface area (Å²) in [5, 5.41) is 22.6. The first-order valence-electron chi connectivity index (χ1n) is 5.91. The molecule has 0 aliphatic carbocycles. The highest BCUT2D eigenvalue weighted by Crippen LogP contribution is 2.33. The molecule has 6 heteroatoms. The molecule has 1 aromatic heterocycles. The van der Waals surface area contributed by atoms with Crippen LogP contribution in [0.3, 0.4) is 0 Å². The zero-order valence-corrected chi connectivity index (χ0v) is 11.9. The standard InChI is InChI=1S/C14H11ClN2O2S/c15-9-2-4-12-14(17-7-20-12)13(9)16-6-8-1-3-10(18)11(19)5-8/h1-5,7,16,18-19H,6H2. The van der Waals surface area contributed by atoms with Crippen molar-refractivity contribution in [3.05, 3.63) is 46.4 Å². The molecule has 3 N–H and O–H groups in total. The number of phenols is 2. The molecule has 0 saturated heterocycles. The van der Waals surface area contributed by atoms with E-state index in [2.05, 4.69) is 10.3 Å². The second-order valence-electron chi connectivity index (χ2n) is 4.30. The number of hydrogen-bond donors (Lipinski definition) is 3. The maximum Gasteiger partial charge on any atom is 0.157 e. The van der Waals surface area contributed by atoms with E-state index < -0.39 is 0 Å². The van der Waals surface area contributed by atoms with Gasteiger partial charge in [0.2, 0.25) is 0 Å². The van der Waals surface area contributed by atoms with Crippen molar-refractivity contribution in [1.29, 1.82) is 0 Å². The summed E-state index contributed by atoms with van der Waals surface area (Å²) in [5.41, 5.74) is 4.23. The lowest BCUT2D eigenvalue weighted by molar-refractivity contribution is 0.403. The molecule has 0 amide bonds. The van der Waals surface area contributed by atoms with Gasteiger partial charge in [0.15, 0.2) is 11.5 Å². The molecule has 3 rings (SSSR count). The third kappa shape index (κ3) is 2.37. The Morgan fingerprint density at radius 1 is 1.15 bits per heavy atom. The van der Waals surface area contributed by atoms with Crippen molar-refractivity contribution in [2.45, 2.75) is 6.54 Å². The molecule has 1 heterocycles. The van der Waals surface area contributed by atoms with Crippen molar-refractivity contribution in [2.24, 2.45) is 0 Å². The number of fused-ring (bicyclic) bond motifs is 1. The second-order valence-corrected chi connectivity index (χ2v) is 5.59. The van der Waals surface area contributed by atoms with E-state index >= 15 is 0 Å². The Bertz CT molecular complexity index is 773. The Hall–Kier alpha value is -1.98. The normalized spacial score (nSPS) is 10.8. The van der Waals surface area contributed by atoms with Gasteiger partial charge in [0.25, 0.3) is 0 Å². The Morgan fingerprint density at radius 2 is 2.00 bits per heavy atom. The third-order valence-corrected chi connectivity index (χ3v) is 4.07. The molecule has 0 aliphatic heterocycles. The molecule has 0 bridgehead atoms. The van der Waals surface area contributed by atoms with Crippen molar-refractivity contribution in [3.8, 4) is 11.5 Å². The van der Waals surface area contributed by atoms with E-state index in [9.17, 15) is 10.2 Å². The van der Waals surface area contributed by atoms with Crippen LogP contribution < -0.4 is 5.32 Å². The smallest absolute Gasteiger partial charge is 0.157 e. The molecule has 3 aromatic rings. The van der Waals surface area contributed by atoms with Gasteiger partial charge in [-0.3, -0.25) is 0 Å². The number of benzene rings is 2. The maximum atomic E-state index is 9.48. The van der Waals surface area contributed by atoms with Gasteiger partial charge in [-0.1, -0.05) is 17.7 Å². The number of phenolic OH excluding ortho intramolecular Hbond substituents is 2. The van der Waals surface area contributed by atoms with Crippen molar-refractivity contribution >= 4 is 38.8 Å². The average molecular weight is 307 g/mol. The van der Waals surface area contributed by atoms with Crippen LogP contribution in [0.2, 0.25) is 5.02 Å².